The van der Waals surface area contributed by atoms with Crippen molar-refractivity contribution < 1.29 is 18.7 Å². The van der Waals surface area contributed by atoms with E-state index in [0.717, 1.165) is 16.0 Å². The van der Waals surface area contributed by atoms with Gasteiger partial charge in [-0.25, -0.2) is 9.18 Å². The Bertz CT molecular complexity index is 1260. The average Bonchev–Trinajstić information content (AvgIpc) is 2.83. The number of benzene rings is 4. The van der Waals surface area contributed by atoms with E-state index < -0.39 is 11.8 Å². The maximum atomic E-state index is 13.7. The van der Waals surface area contributed by atoms with E-state index in [4.69, 9.17) is 9.47 Å². The van der Waals surface area contributed by atoms with E-state index in [2.05, 4.69) is 36.4 Å². The summed E-state index contributed by atoms with van der Waals surface area (Å²) in [4.78, 5) is 16.3. The van der Waals surface area contributed by atoms with Gasteiger partial charge < -0.3 is 9.47 Å². The van der Waals surface area contributed by atoms with Crippen LogP contribution in [0, 0.1) is 19.7 Å². The van der Waals surface area contributed by atoms with Crippen molar-refractivity contribution in [3.8, 4) is 5.75 Å². The second-order valence-corrected chi connectivity index (χ2v) is 10.8. The predicted octanol–water partition coefficient (Wildman–Crippen LogP) is 7.99. The summed E-state index contributed by atoms with van der Waals surface area (Å²) in [5.74, 6) is 0.0838. The molecule has 0 heterocycles. The normalized spacial score (nSPS) is 11.4. The van der Waals surface area contributed by atoms with Crippen LogP contribution in [-0.2, 0) is 21.2 Å². The fraction of sp³-hybridized carbons (Fsp3) is 0.167. The van der Waals surface area contributed by atoms with Crippen molar-refractivity contribution in [1.29, 1.82) is 0 Å². The number of halogens is 1. The van der Waals surface area contributed by atoms with E-state index in [1.807, 2.05) is 50.2 Å². The minimum atomic E-state index is -1.05. The lowest BCUT2D eigenvalue weighted by Gasteiger charge is -2.25. The maximum absolute atomic E-state index is 13.7. The van der Waals surface area contributed by atoms with Gasteiger partial charge in [-0.15, -0.1) is 0 Å². The Morgan fingerprint density at radius 1 is 0.743 bits per heavy atom. The van der Waals surface area contributed by atoms with E-state index in [1.165, 1.54) is 21.9 Å². The summed E-state index contributed by atoms with van der Waals surface area (Å²) >= 11 is 0. The fourth-order valence-electron chi connectivity index (χ4n) is 3.95. The molecule has 4 rings (SSSR count). The van der Waals surface area contributed by atoms with Crippen molar-refractivity contribution in [3.63, 3.8) is 0 Å². The van der Waals surface area contributed by atoms with Gasteiger partial charge in [-0.3, -0.25) is 0 Å². The van der Waals surface area contributed by atoms with Gasteiger partial charge in [0.1, 0.15) is 17.2 Å². The molecule has 3 nitrogen and oxygen atoms in total. The molecule has 0 saturated heterocycles. The highest BCUT2D eigenvalue weighted by molar-refractivity contribution is 7.97. The SMILES string of the molecule is Cc1cc([S+](c2ccccc2)c2ccccc2)cc(C)c1OC(=O)OC(C)(C)c1cccc(F)c1. The number of ether oxygens (including phenoxy) is 2. The van der Waals surface area contributed by atoms with Crippen LogP contribution in [0.4, 0.5) is 9.18 Å². The molecule has 4 aromatic rings. The summed E-state index contributed by atoms with van der Waals surface area (Å²) in [6.07, 6.45) is -0.830. The van der Waals surface area contributed by atoms with E-state index in [1.54, 1.807) is 26.0 Å². The Hall–Kier alpha value is -3.57. The number of rotatable bonds is 6. The summed E-state index contributed by atoms with van der Waals surface area (Å²) in [7, 11) is -0.306. The monoisotopic (exact) mass is 487 g/mol. The standard InChI is InChI=1S/C30H28FO3S/c1-21-18-27(35(25-14-7-5-8-15-25)26-16-9-6-10-17-26)19-22(2)28(21)33-29(32)34-30(3,4)23-12-11-13-24(31)20-23/h5-20H,1-4H3/q+1. The molecule has 5 heteroatoms. The van der Waals surface area contributed by atoms with Crippen molar-refractivity contribution in [2.24, 2.45) is 0 Å². The molecule has 0 spiro atoms. The van der Waals surface area contributed by atoms with Crippen LogP contribution in [0.1, 0.15) is 30.5 Å². The van der Waals surface area contributed by atoms with Gasteiger partial charge in [0.2, 0.25) is 0 Å². The fourth-order valence-corrected chi connectivity index (χ4v) is 6.21. The molecule has 0 saturated carbocycles. The summed E-state index contributed by atoms with van der Waals surface area (Å²) in [5.41, 5.74) is 1.18. The van der Waals surface area contributed by atoms with E-state index in [9.17, 15) is 9.18 Å². The van der Waals surface area contributed by atoms with Gasteiger partial charge in [0.15, 0.2) is 14.7 Å². The van der Waals surface area contributed by atoms with Gasteiger partial charge in [0.05, 0.1) is 10.9 Å². The van der Waals surface area contributed by atoms with Gasteiger partial charge in [-0.05, 0) is 80.8 Å². The Labute approximate surface area is 208 Å². The first kappa shape index (κ1) is 24.6. The number of carbonyl (C=O) groups excluding carboxylic acids is 1. The molecular formula is C30H28FO3S+. The highest BCUT2D eigenvalue weighted by Gasteiger charge is 2.31. The van der Waals surface area contributed by atoms with Gasteiger partial charge in [0.25, 0.3) is 0 Å². The van der Waals surface area contributed by atoms with Gasteiger partial charge in [-0.1, -0.05) is 48.5 Å². The zero-order valence-electron chi connectivity index (χ0n) is 20.2. The third-order valence-electron chi connectivity index (χ3n) is 5.67. The number of hydrogen-bond acceptors (Lipinski definition) is 3. The lowest BCUT2D eigenvalue weighted by Crippen LogP contribution is -2.27. The first-order valence-corrected chi connectivity index (χ1v) is 12.6. The van der Waals surface area contributed by atoms with Crippen LogP contribution in [0.15, 0.2) is 112 Å². The minimum Gasteiger partial charge on any atom is -0.423 e. The highest BCUT2D eigenvalue weighted by atomic mass is 32.2. The van der Waals surface area contributed by atoms with Crippen LogP contribution in [0.2, 0.25) is 0 Å². The third-order valence-corrected chi connectivity index (χ3v) is 7.87. The topological polar surface area (TPSA) is 35.5 Å². The number of carbonyl (C=O) groups is 1. The van der Waals surface area contributed by atoms with Gasteiger partial charge in [-0.2, -0.15) is 0 Å². The Balaban J connectivity index is 1.61. The van der Waals surface area contributed by atoms with Crippen molar-refractivity contribution in [2.45, 2.75) is 48.0 Å². The van der Waals surface area contributed by atoms with E-state index in [0.29, 0.717) is 11.3 Å². The van der Waals surface area contributed by atoms with Crippen LogP contribution in [-0.4, -0.2) is 6.16 Å². The molecule has 0 fully saturated rings. The Morgan fingerprint density at radius 3 is 1.80 bits per heavy atom. The quantitative estimate of drug-likeness (QED) is 0.157. The van der Waals surface area contributed by atoms with Gasteiger partial charge >= 0.3 is 6.16 Å². The maximum Gasteiger partial charge on any atom is 0.514 e. The molecule has 0 N–H and O–H groups in total. The highest BCUT2D eigenvalue weighted by Crippen LogP contribution is 2.36. The second kappa shape index (κ2) is 10.4. The minimum absolute atomic E-state index is 0.306. The molecule has 0 aromatic heterocycles. The van der Waals surface area contributed by atoms with Crippen LogP contribution in [0.25, 0.3) is 0 Å². The largest absolute Gasteiger partial charge is 0.514 e. The molecule has 0 unspecified atom stereocenters. The first-order valence-electron chi connectivity index (χ1n) is 11.4. The molecule has 0 aliphatic rings. The van der Waals surface area contributed by atoms with Crippen LogP contribution in [0.3, 0.4) is 0 Å². The zero-order chi connectivity index (χ0) is 25.0. The zero-order valence-corrected chi connectivity index (χ0v) is 21.1. The molecular weight excluding hydrogens is 459 g/mol. The third kappa shape index (κ3) is 5.75. The van der Waals surface area contributed by atoms with Crippen molar-refractivity contribution in [2.75, 3.05) is 0 Å². The molecule has 4 aromatic carbocycles. The van der Waals surface area contributed by atoms with Crippen LogP contribution < -0.4 is 4.74 Å². The van der Waals surface area contributed by atoms with Crippen molar-refractivity contribution in [1.82, 2.24) is 0 Å². The number of aryl methyl sites for hydroxylation is 2. The molecule has 0 aliphatic carbocycles. The number of hydrogen-bond donors (Lipinski definition) is 0. The molecule has 0 amide bonds. The molecule has 0 bridgehead atoms. The van der Waals surface area contributed by atoms with E-state index in [-0.39, 0.29) is 16.7 Å². The summed E-state index contributed by atoms with van der Waals surface area (Å²) < 4.78 is 24.9. The predicted molar refractivity (Wildman–Crippen MR) is 137 cm³/mol. The van der Waals surface area contributed by atoms with Crippen LogP contribution >= 0.6 is 0 Å². The van der Waals surface area contributed by atoms with Gasteiger partial charge in [0, 0.05) is 12.1 Å². The van der Waals surface area contributed by atoms with E-state index >= 15 is 0 Å². The second-order valence-electron chi connectivity index (χ2n) is 8.79. The molecule has 0 atom stereocenters. The first-order chi connectivity index (χ1) is 16.7. The molecule has 178 valence electrons. The molecule has 0 aliphatic heterocycles. The summed E-state index contributed by atoms with van der Waals surface area (Å²) in [5, 5.41) is 0. The molecule has 0 radical (unpaired) electrons. The van der Waals surface area contributed by atoms with Crippen molar-refractivity contribution in [3.05, 3.63) is 120 Å². The lowest BCUT2D eigenvalue weighted by atomic mass is 9.98. The summed E-state index contributed by atoms with van der Waals surface area (Å²) in [6.45, 7) is 7.26. The van der Waals surface area contributed by atoms with Crippen molar-refractivity contribution >= 4 is 17.1 Å². The lowest BCUT2D eigenvalue weighted by molar-refractivity contribution is 0.00590. The molecule has 35 heavy (non-hydrogen) atoms. The summed E-state index contributed by atoms with van der Waals surface area (Å²) in [6, 6.07) is 30.9. The average molecular weight is 488 g/mol. The van der Waals surface area contributed by atoms with Crippen LogP contribution in [0.5, 0.6) is 5.75 Å². The smallest absolute Gasteiger partial charge is 0.423 e. The Kier molecular flexibility index (Phi) is 7.27. The Morgan fingerprint density at radius 2 is 1.29 bits per heavy atom.